The maximum Gasteiger partial charge on any atom is 0.178 e. The summed E-state index contributed by atoms with van der Waals surface area (Å²) >= 11 is 13.4. The zero-order valence-corrected chi connectivity index (χ0v) is 10.7. The second-order valence-corrected chi connectivity index (χ2v) is 5.06. The molecule has 3 nitrogen and oxygen atoms in total. The lowest BCUT2D eigenvalue weighted by Crippen LogP contribution is -1.84. The van der Waals surface area contributed by atoms with Crippen LogP contribution in [0.3, 0.4) is 0 Å². The number of nitrogens with zero attached hydrogens (tertiary/aromatic N) is 3. The van der Waals surface area contributed by atoms with Crippen LogP contribution < -0.4 is 0 Å². The van der Waals surface area contributed by atoms with E-state index in [-0.39, 0.29) is 5.15 Å². The first-order valence-corrected chi connectivity index (χ1v) is 6.36. The number of hydrogen-bond acceptors (Lipinski definition) is 4. The van der Waals surface area contributed by atoms with Gasteiger partial charge in [-0.2, -0.15) is 0 Å². The van der Waals surface area contributed by atoms with Gasteiger partial charge in [0, 0.05) is 5.56 Å². The molecule has 0 radical (unpaired) electrons. The maximum absolute atomic E-state index is 5.97. The monoisotopic (exact) mass is 281 g/mol. The average molecular weight is 282 g/mol. The van der Waals surface area contributed by atoms with Crippen molar-refractivity contribution in [3.8, 4) is 10.6 Å². The predicted molar refractivity (Wildman–Crippen MR) is 70.7 cm³/mol. The minimum Gasteiger partial charge on any atom is -0.233 e. The second-order valence-electron chi connectivity index (χ2n) is 3.34. The van der Waals surface area contributed by atoms with Crippen LogP contribution in [0.15, 0.2) is 30.3 Å². The average Bonchev–Trinajstić information content (AvgIpc) is 2.81. The van der Waals surface area contributed by atoms with Crippen LogP contribution in [-0.2, 0) is 0 Å². The van der Waals surface area contributed by atoms with Gasteiger partial charge in [0.2, 0.25) is 0 Å². The molecule has 0 fully saturated rings. The van der Waals surface area contributed by atoms with Gasteiger partial charge in [-0.3, -0.25) is 0 Å². The third-order valence-electron chi connectivity index (χ3n) is 2.26. The van der Waals surface area contributed by atoms with Crippen LogP contribution in [0.1, 0.15) is 0 Å². The molecule has 1 aromatic carbocycles. The Balaban J connectivity index is 2.27. The zero-order chi connectivity index (χ0) is 11.8. The molecule has 0 aliphatic rings. The molecule has 0 amide bonds. The highest BCUT2D eigenvalue weighted by atomic mass is 35.5. The van der Waals surface area contributed by atoms with Crippen LogP contribution >= 0.6 is 34.5 Å². The molecule has 0 unspecified atom stereocenters. The topological polar surface area (TPSA) is 38.7 Å². The van der Waals surface area contributed by atoms with Crippen molar-refractivity contribution in [2.24, 2.45) is 0 Å². The van der Waals surface area contributed by atoms with Crippen LogP contribution in [0, 0.1) is 0 Å². The molecule has 0 bridgehead atoms. The largest absolute Gasteiger partial charge is 0.233 e. The Morgan fingerprint density at radius 2 is 1.65 bits per heavy atom. The lowest BCUT2D eigenvalue weighted by Gasteiger charge is -1.92. The molecular formula is C11H5Cl2N3S. The second kappa shape index (κ2) is 4.22. The van der Waals surface area contributed by atoms with Crippen LogP contribution in [0.25, 0.3) is 20.8 Å². The van der Waals surface area contributed by atoms with E-state index >= 15 is 0 Å². The van der Waals surface area contributed by atoms with Gasteiger partial charge in [0.05, 0.1) is 4.70 Å². The minimum atomic E-state index is 0.280. The Morgan fingerprint density at radius 1 is 0.941 bits per heavy atom. The SMILES string of the molecule is Clc1nnc(Cl)c2sc(-c3ccccc3)nc12. The summed E-state index contributed by atoms with van der Waals surface area (Å²) < 4.78 is 0.769. The van der Waals surface area contributed by atoms with E-state index in [4.69, 9.17) is 23.2 Å². The van der Waals surface area contributed by atoms with Crippen molar-refractivity contribution in [1.82, 2.24) is 15.2 Å². The lowest BCUT2D eigenvalue weighted by atomic mass is 10.2. The number of thiazole rings is 1. The number of rotatable bonds is 1. The van der Waals surface area contributed by atoms with Crippen LogP contribution in [0.5, 0.6) is 0 Å². The van der Waals surface area contributed by atoms with Crippen molar-refractivity contribution in [2.75, 3.05) is 0 Å². The van der Waals surface area contributed by atoms with Crippen molar-refractivity contribution in [1.29, 1.82) is 0 Å². The van der Waals surface area contributed by atoms with Gasteiger partial charge in [0.15, 0.2) is 10.3 Å². The highest BCUT2D eigenvalue weighted by Crippen LogP contribution is 2.35. The zero-order valence-electron chi connectivity index (χ0n) is 8.39. The number of aromatic nitrogens is 3. The van der Waals surface area contributed by atoms with E-state index in [9.17, 15) is 0 Å². The number of halogens is 2. The molecule has 0 N–H and O–H groups in total. The summed E-state index contributed by atoms with van der Waals surface area (Å²) in [5, 5.41) is 8.99. The Bertz CT molecular complexity index is 643. The molecule has 17 heavy (non-hydrogen) atoms. The molecule has 3 rings (SSSR count). The quantitative estimate of drug-likeness (QED) is 0.675. The molecule has 0 atom stereocenters. The van der Waals surface area contributed by atoms with Crippen LogP contribution in [0.4, 0.5) is 0 Å². The third kappa shape index (κ3) is 1.88. The minimum absolute atomic E-state index is 0.280. The van der Waals surface area contributed by atoms with Crippen molar-refractivity contribution < 1.29 is 0 Å². The van der Waals surface area contributed by atoms with Gasteiger partial charge in [-0.25, -0.2) is 4.98 Å². The van der Waals surface area contributed by atoms with Gasteiger partial charge in [-0.15, -0.1) is 21.5 Å². The highest BCUT2D eigenvalue weighted by molar-refractivity contribution is 7.22. The van der Waals surface area contributed by atoms with E-state index in [2.05, 4.69) is 15.2 Å². The van der Waals surface area contributed by atoms with E-state index in [0.29, 0.717) is 10.7 Å². The summed E-state index contributed by atoms with van der Waals surface area (Å²) in [6.45, 7) is 0. The van der Waals surface area contributed by atoms with E-state index in [1.807, 2.05) is 30.3 Å². The fraction of sp³-hybridized carbons (Fsp3) is 0. The smallest absolute Gasteiger partial charge is 0.178 e. The summed E-state index contributed by atoms with van der Waals surface area (Å²) in [7, 11) is 0. The predicted octanol–water partition coefficient (Wildman–Crippen LogP) is 4.06. The molecule has 2 heterocycles. The van der Waals surface area contributed by atoms with E-state index < -0.39 is 0 Å². The first kappa shape index (κ1) is 10.9. The number of hydrogen-bond donors (Lipinski definition) is 0. The Labute approximate surface area is 111 Å². The molecule has 0 saturated heterocycles. The highest BCUT2D eigenvalue weighted by Gasteiger charge is 2.13. The summed E-state index contributed by atoms with van der Waals surface area (Å²) in [5.41, 5.74) is 1.64. The lowest BCUT2D eigenvalue weighted by molar-refractivity contribution is 1.05. The fourth-order valence-corrected chi connectivity index (χ4v) is 2.91. The van der Waals surface area contributed by atoms with Crippen molar-refractivity contribution >= 4 is 44.8 Å². The van der Waals surface area contributed by atoms with Gasteiger partial charge in [-0.1, -0.05) is 53.5 Å². The standard InChI is InChI=1S/C11H5Cl2N3S/c12-9-7-8(10(13)16-15-9)17-11(14-7)6-4-2-1-3-5-6/h1-5H. The first-order chi connectivity index (χ1) is 8.25. The molecule has 2 aromatic heterocycles. The van der Waals surface area contributed by atoms with Gasteiger partial charge < -0.3 is 0 Å². The maximum atomic E-state index is 5.97. The van der Waals surface area contributed by atoms with Crippen molar-refractivity contribution in [2.45, 2.75) is 0 Å². The van der Waals surface area contributed by atoms with Crippen LogP contribution in [-0.4, -0.2) is 15.2 Å². The van der Waals surface area contributed by atoms with Crippen LogP contribution in [0.2, 0.25) is 10.3 Å². The van der Waals surface area contributed by atoms with E-state index in [1.54, 1.807) is 0 Å². The van der Waals surface area contributed by atoms with Crippen molar-refractivity contribution in [3.63, 3.8) is 0 Å². The molecule has 0 aliphatic heterocycles. The third-order valence-corrected chi connectivity index (χ3v) is 4.00. The van der Waals surface area contributed by atoms with E-state index in [1.165, 1.54) is 11.3 Å². The van der Waals surface area contributed by atoms with Gasteiger partial charge in [-0.05, 0) is 0 Å². The molecule has 0 spiro atoms. The molecule has 3 aromatic rings. The van der Waals surface area contributed by atoms with Gasteiger partial charge in [0.1, 0.15) is 10.5 Å². The summed E-state index contributed by atoms with van der Waals surface area (Å²) in [6, 6.07) is 9.85. The first-order valence-electron chi connectivity index (χ1n) is 4.79. The fourth-order valence-electron chi connectivity index (χ4n) is 1.48. The Morgan fingerprint density at radius 3 is 2.35 bits per heavy atom. The summed E-state index contributed by atoms with van der Waals surface area (Å²) in [6.07, 6.45) is 0. The van der Waals surface area contributed by atoms with Gasteiger partial charge in [0.25, 0.3) is 0 Å². The van der Waals surface area contributed by atoms with Gasteiger partial charge >= 0.3 is 0 Å². The molecule has 0 saturated carbocycles. The summed E-state index contributed by atoms with van der Waals surface area (Å²) in [5.74, 6) is 0. The molecule has 0 aliphatic carbocycles. The number of fused-ring (bicyclic) bond motifs is 1. The normalized spacial score (nSPS) is 10.9. The molecule has 84 valence electrons. The summed E-state index contributed by atoms with van der Waals surface area (Å²) in [4.78, 5) is 4.44. The number of benzene rings is 1. The Hall–Kier alpha value is -1.23. The van der Waals surface area contributed by atoms with Crippen molar-refractivity contribution in [3.05, 3.63) is 40.6 Å². The molecule has 6 heteroatoms. The molecular weight excluding hydrogens is 277 g/mol. The Kier molecular flexibility index (Phi) is 2.70. The van der Waals surface area contributed by atoms with E-state index in [0.717, 1.165) is 15.3 Å².